The Morgan fingerprint density at radius 2 is 1.60 bits per heavy atom. The zero-order valence-corrected chi connectivity index (χ0v) is 15.0. The molecule has 0 unspecified atom stereocenters. The highest BCUT2D eigenvalue weighted by Crippen LogP contribution is 2.18. The van der Waals surface area contributed by atoms with Crippen molar-refractivity contribution in [3.63, 3.8) is 0 Å². The third kappa shape index (κ3) is 5.45. The standard InChI is InChI=1S/C21H24O4/c1-4-5-6-12-24-20(22)17-8-7-9-18(14-17)21(23)25-19-11-10-15(2)16(3)13-19/h7-11,13-14H,4-6,12H2,1-3H3. The number of rotatable bonds is 7. The normalized spacial score (nSPS) is 10.4. The average molecular weight is 340 g/mol. The fourth-order valence-corrected chi connectivity index (χ4v) is 2.32. The lowest BCUT2D eigenvalue weighted by atomic mass is 10.1. The first-order chi connectivity index (χ1) is 12.0. The maximum atomic E-state index is 12.3. The van der Waals surface area contributed by atoms with Crippen LogP contribution >= 0.6 is 0 Å². The molecular weight excluding hydrogens is 316 g/mol. The topological polar surface area (TPSA) is 52.6 Å². The molecule has 4 nitrogen and oxygen atoms in total. The molecule has 4 heteroatoms. The van der Waals surface area contributed by atoms with E-state index in [1.807, 2.05) is 26.0 Å². The van der Waals surface area contributed by atoms with Gasteiger partial charge in [-0.05, 0) is 61.7 Å². The highest BCUT2D eigenvalue weighted by molar-refractivity contribution is 5.96. The minimum absolute atomic E-state index is 0.321. The molecule has 0 amide bonds. The molecule has 0 aliphatic rings. The molecule has 0 saturated heterocycles. The number of aryl methyl sites for hydroxylation is 2. The molecule has 0 aliphatic carbocycles. The SMILES string of the molecule is CCCCCOC(=O)c1cccc(C(=O)Oc2ccc(C)c(C)c2)c1. The summed E-state index contributed by atoms with van der Waals surface area (Å²) in [4.78, 5) is 24.4. The fraction of sp³-hybridized carbons (Fsp3) is 0.333. The van der Waals surface area contributed by atoms with Crippen molar-refractivity contribution in [1.82, 2.24) is 0 Å². The van der Waals surface area contributed by atoms with Crippen molar-refractivity contribution in [3.8, 4) is 5.75 Å². The zero-order chi connectivity index (χ0) is 18.2. The van der Waals surface area contributed by atoms with E-state index in [1.165, 1.54) is 6.07 Å². The van der Waals surface area contributed by atoms with Crippen LogP contribution < -0.4 is 4.74 Å². The summed E-state index contributed by atoms with van der Waals surface area (Å²) in [5.41, 5.74) is 2.86. The van der Waals surface area contributed by atoms with Crippen LogP contribution in [0.3, 0.4) is 0 Å². The number of esters is 2. The average Bonchev–Trinajstić information content (AvgIpc) is 2.62. The van der Waals surface area contributed by atoms with Crippen LogP contribution in [0, 0.1) is 13.8 Å². The number of unbranched alkanes of at least 4 members (excludes halogenated alkanes) is 2. The molecule has 2 aromatic carbocycles. The van der Waals surface area contributed by atoms with E-state index in [-0.39, 0.29) is 0 Å². The predicted molar refractivity (Wildman–Crippen MR) is 97.1 cm³/mol. The van der Waals surface area contributed by atoms with Gasteiger partial charge in [-0.15, -0.1) is 0 Å². The van der Waals surface area contributed by atoms with Crippen LogP contribution in [0.4, 0.5) is 0 Å². The van der Waals surface area contributed by atoms with E-state index in [2.05, 4.69) is 6.92 Å². The van der Waals surface area contributed by atoms with Gasteiger partial charge in [0.25, 0.3) is 0 Å². The van der Waals surface area contributed by atoms with Crippen LogP contribution in [0.15, 0.2) is 42.5 Å². The molecule has 0 saturated carbocycles. The van der Waals surface area contributed by atoms with Crippen molar-refractivity contribution in [1.29, 1.82) is 0 Å². The predicted octanol–water partition coefficient (Wildman–Crippen LogP) is 4.87. The first-order valence-corrected chi connectivity index (χ1v) is 8.58. The lowest BCUT2D eigenvalue weighted by Gasteiger charge is -2.08. The van der Waals surface area contributed by atoms with Crippen LogP contribution in [0.25, 0.3) is 0 Å². The molecule has 0 bridgehead atoms. The molecule has 0 aromatic heterocycles. The largest absolute Gasteiger partial charge is 0.462 e. The van der Waals surface area contributed by atoms with Crippen molar-refractivity contribution in [2.45, 2.75) is 40.0 Å². The van der Waals surface area contributed by atoms with Crippen molar-refractivity contribution in [2.75, 3.05) is 6.61 Å². The molecule has 0 atom stereocenters. The Morgan fingerprint density at radius 3 is 2.28 bits per heavy atom. The summed E-state index contributed by atoms with van der Waals surface area (Å²) >= 11 is 0. The molecule has 0 fully saturated rings. The van der Waals surface area contributed by atoms with Gasteiger partial charge in [-0.25, -0.2) is 9.59 Å². The van der Waals surface area contributed by atoms with Gasteiger partial charge in [0, 0.05) is 0 Å². The summed E-state index contributed by atoms with van der Waals surface area (Å²) in [7, 11) is 0. The number of hydrogen-bond acceptors (Lipinski definition) is 4. The monoisotopic (exact) mass is 340 g/mol. The van der Waals surface area contributed by atoms with E-state index in [1.54, 1.807) is 24.3 Å². The molecule has 2 aromatic rings. The van der Waals surface area contributed by atoms with Gasteiger partial charge in [0.1, 0.15) is 5.75 Å². The lowest BCUT2D eigenvalue weighted by Crippen LogP contribution is -2.11. The van der Waals surface area contributed by atoms with Crippen LogP contribution in [-0.2, 0) is 4.74 Å². The molecule has 0 heterocycles. The van der Waals surface area contributed by atoms with Crippen molar-refractivity contribution in [2.24, 2.45) is 0 Å². The smallest absolute Gasteiger partial charge is 0.343 e. The second kappa shape index (κ2) is 9.02. The van der Waals surface area contributed by atoms with Crippen LogP contribution in [-0.4, -0.2) is 18.5 Å². The molecule has 2 rings (SSSR count). The summed E-state index contributed by atoms with van der Waals surface area (Å²) in [5.74, 6) is -0.429. The van der Waals surface area contributed by atoms with Gasteiger partial charge in [0.05, 0.1) is 17.7 Å². The second-order valence-electron chi connectivity index (χ2n) is 6.06. The number of benzene rings is 2. The summed E-state index contributed by atoms with van der Waals surface area (Å²) in [6.45, 7) is 6.44. The maximum absolute atomic E-state index is 12.3. The van der Waals surface area contributed by atoms with Gasteiger partial charge in [0.15, 0.2) is 0 Å². The van der Waals surface area contributed by atoms with E-state index in [0.29, 0.717) is 23.5 Å². The van der Waals surface area contributed by atoms with Gasteiger partial charge in [0.2, 0.25) is 0 Å². The molecule has 0 radical (unpaired) electrons. The molecular formula is C21H24O4. The summed E-state index contributed by atoms with van der Waals surface area (Å²) in [5, 5.41) is 0. The molecule has 25 heavy (non-hydrogen) atoms. The third-order valence-corrected chi connectivity index (χ3v) is 4.00. The van der Waals surface area contributed by atoms with E-state index < -0.39 is 11.9 Å². The Bertz CT molecular complexity index is 749. The minimum atomic E-state index is -0.496. The first-order valence-electron chi connectivity index (χ1n) is 8.58. The Hall–Kier alpha value is -2.62. The lowest BCUT2D eigenvalue weighted by molar-refractivity contribution is 0.0498. The van der Waals surface area contributed by atoms with E-state index >= 15 is 0 Å². The fourth-order valence-electron chi connectivity index (χ4n) is 2.32. The van der Waals surface area contributed by atoms with Crippen molar-refractivity contribution in [3.05, 3.63) is 64.7 Å². The van der Waals surface area contributed by atoms with Crippen molar-refractivity contribution >= 4 is 11.9 Å². The van der Waals surface area contributed by atoms with Gasteiger partial charge >= 0.3 is 11.9 Å². The van der Waals surface area contributed by atoms with E-state index in [4.69, 9.17) is 9.47 Å². The van der Waals surface area contributed by atoms with E-state index in [9.17, 15) is 9.59 Å². The summed E-state index contributed by atoms with van der Waals surface area (Å²) < 4.78 is 10.6. The van der Waals surface area contributed by atoms with Gasteiger partial charge in [-0.3, -0.25) is 0 Å². The molecule has 132 valence electrons. The Balaban J connectivity index is 2.03. The molecule has 0 spiro atoms. The molecule has 0 aliphatic heterocycles. The number of hydrogen-bond donors (Lipinski definition) is 0. The highest BCUT2D eigenvalue weighted by Gasteiger charge is 2.13. The Kier molecular flexibility index (Phi) is 6.75. The summed E-state index contributed by atoms with van der Waals surface area (Å²) in [6.07, 6.45) is 2.93. The Labute approximate surface area is 148 Å². The number of carbonyl (C=O) groups excluding carboxylic acids is 2. The Morgan fingerprint density at radius 1 is 0.880 bits per heavy atom. The van der Waals surface area contributed by atoms with Crippen LogP contribution in [0.2, 0.25) is 0 Å². The van der Waals surface area contributed by atoms with Gasteiger partial charge in [-0.2, -0.15) is 0 Å². The van der Waals surface area contributed by atoms with Crippen LogP contribution in [0.1, 0.15) is 58.0 Å². The number of ether oxygens (including phenoxy) is 2. The third-order valence-electron chi connectivity index (χ3n) is 4.00. The van der Waals surface area contributed by atoms with E-state index in [0.717, 1.165) is 30.4 Å². The quantitative estimate of drug-likeness (QED) is 0.410. The minimum Gasteiger partial charge on any atom is -0.462 e. The maximum Gasteiger partial charge on any atom is 0.343 e. The first kappa shape index (κ1) is 18.7. The molecule has 0 N–H and O–H groups in total. The highest BCUT2D eigenvalue weighted by atomic mass is 16.5. The van der Waals surface area contributed by atoms with Gasteiger partial charge in [-0.1, -0.05) is 31.9 Å². The van der Waals surface area contributed by atoms with Crippen LogP contribution in [0.5, 0.6) is 5.75 Å². The summed E-state index contributed by atoms with van der Waals surface area (Å²) in [6, 6.07) is 11.9. The number of carbonyl (C=O) groups is 2. The second-order valence-corrected chi connectivity index (χ2v) is 6.06. The van der Waals surface area contributed by atoms with Gasteiger partial charge < -0.3 is 9.47 Å². The van der Waals surface area contributed by atoms with Crippen molar-refractivity contribution < 1.29 is 19.1 Å². The zero-order valence-electron chi connectivity index (χ0n) is 15.0.